The first-order valence-electron chi connectivity index (χ1n) is 6.53. The van der Waals surface area contributed by atoms with E-state index in [0.717, 1.165) is 11.4 Å². The van der Waals surface area contributed by atoms with Gasteiger partial charge < -0.3 is 10.1 Å². The van der Waals surface area contributed by atoms with Crippen LogP contribution in [-0.2, 0) is 4.74 Å². The van der Waals surface area contributed by atoms with Crippen molar-refractivity contribution < 1.29 is 9.53 Å². The number of anilines is 3. The Morgan fingerprint density at radius 1 is 1.14 bits per heavy atom. The third kappa shape index (κ3) is 3.98. The molecule has 0 aliphatic heterocycles. The first-order valence-corrected chi connectivity index (χ1v) is 6.53. The first-order chi connectivity index (χ1) is 10.2. The lowest BCUT2D eigenvalue weighted by molar-refractivity contribution is 0.168. The lowest BCUT2D eigenvalue weighted by Crippen LogP contribution is -2.13. The van der Waals surface area contributed by atoms with Gasteiger partial charge in [-0.3, -0.25) is 5.32 Å². The molecule has 0 aliphatic carbocycles. The van der Waals surface area contributed by atoms with Crippen molar-refractivity contribution in [3.05, 3.63) is 54.1 Å². The van der Waals surface area contributed by atoms with Crippen molar-refractivity contribution in [3.63, 3.8) is 0 Å². The quantitative estimate of drug-likeness (QED) is 0.892. The summed E-state index contributed by atoms with van der Waals surface area (Å²) in [6.45, 7) is 2.08. The number of para-hydroxylation sites is 1. The third-order valence-electron chi connectivity index (χ3n) is 2.73. The van der Waals surface area contributed by atoms with E-state index in [1.54, 1.807) is 25.1 Å². The molecule has 2 aromatic carbocycles. The molecule has 0 saturated heterocycles. The van der Waals surface area contributed by atoms with Gasteiger partial charge >= 0.3 is 6.09 Å². The van der Waals surface area contributed by atoms with Crippen molar-refractivity contribution >= 4 is 23.2 Å². The molecule has 0 unspecified atom stereocenters. The number of amides is 1. The molecule has 2 aromatic rings. The molecule has 0 atom stereocenters. The molecule has 21 heavy (non-hydrogen) atoms. The number of benzene rings is 2. The molecule has 0 bridgehead atoms. The zero-order valence-corrected chi connectivity index (χ0v) is 11.6. The Labute approximate surface area is 123 Å². The number of rotatable bonds is 4. The number of hydrogen-bond donors (Lipinski definition) is 2. The Hall–Kier alpha value is -3.00. The second kappa shape index (κ2) is 6.96. The van der Waals surface area contributed by atoms with Crippen LogP contribution in [0.1, 0.15) is 12.5 Å². The van der Waals surface area contributed by atoms with Crippen LogP contribution in [0.25, 0.3) is 0 Å². The number of nitrogens with one attached hydrogen (secondary N) is 2. The molecule has 5 nitrogen and oxygen atoms in total. The highest BCUT2D eigenvalue weighted by molar-refractivity contribution is 5.85. The Kier molecular flexibility index (Phi) is 4.78. The van der Waals surface area contributed by atoms with Gasteiger partial charge in [-0.15, -0.1) is 0 Å². The number of nitrogens with zero attached hydrogens (tertiary/aromatic N) is 1. The van der Waals surface area contributed by atoms with Crippen molar-refractivity contribution in [2.24, 2.45) is 0 Å². The zero-order chi connectivity index (χ0) is 15.1. The molecular formula is C16H15N3O2. The average Bonchev–Trinajstić information content (AvgIpc) is 2.50. The van der Waals surface area contributed by atoms with Crippen molar-refractivity contribution in [2.45, 2.75) is 6.92 Å². The van der Waals surface area contributed by atoms with Gasteiger partial charge in [0.2, 0.25) is 0 Å². The number of hydrogen-bond acceptors (Lipinski definition) is 4. The maximum Gasteiger partial charge on any atom is 0.411 e. The lowest BCUT2D eigenvalue weighted by atomic mass is 10.2. The van der Waals surface area contributed by atoms with Crippen LogP contribution >= 0.6 is 0 Å². The minimum absolute atomic E-state index is 0.330. The van der Waals surface area contributed by atoms with E-state index in [1.165, 1.54) is 0 Å². The predicted molar refractivity (Wildman–Crippen MR) is 81.5 cm³/mol. The van der Waals surface area contributed by atoms with Gasteiger partial charge in [0.15, 0.2) is 0 Å². The summed E-state index contributed by atoms with van der Waals surface area (Å²) in [5, 5.41) is 14.8. The van der Waals surface area contributed by atoms with Gasteiger partial charge in [-0.1, -0.05) is 12.1 Å². The van der Waals surface area contributed by atoms with Crippen LogP contribution < -0.4 is 10.6 Å². The highest BCUT2D eigenvalue weighted by Gasteiger charge is 2.03. The summed E-state index contributed by atoms with van der Waals surface area (Å²) in [5.41, 5.74) is 2.79. The molecule has 5 heteroatoms. The van der Waals surface area contributed by atoms with Crippen LogP contribution in [0.3, 0.4) is 0 Å². The van der Waals surface area contributed by atoms with E-state index in [4.69, 9.17) is 10.00 Å². The van der Waals surface area contributed by atoms with E-state index in [-0.39, 0.29) is 0 Å². The zero-order valence-electron chi connectivity index (χ0n) is 11.6. The highest BCUT2D eigenvalue weighted by atomic mass is 16.5. The monoisotopic (exact) mass is 281 g/mol. The van der Waals surface area contributed by atoms with Crippen LogP contribution in [-0.4, -0.2) is 12.7 Å². The van der Waals surface area contributed by atoms with Crippen LogP contribution in [0.2, 0.25) is 0 Å². The topological polar surface area (TPSA) is 74.2 Å². The van der Waals surface area contributed by atoms with Gasteiger partial charge in [0.1, 0.15) is 6.07 Å². The summed E-state index contributed by atoms with van der Waals surface area (Å²) in [4.78, 5) is 11.3. The maximum absolute atomic E-state index is 11.3. The van der Waals surface area contributed by atoms with Gasteiger partial charge in [0.25, 0.3) is 0 Å². The molecule has 1 amide bonds. The smallest absolute Gasteiger partial charge is 0.411 e. The summed E-state index contributed by atoms with van der Waals surface area (Å²) < 4.78 is 4.80. The molecule has 0 radical (unpaired) electrons. The fourth-order valence-corrected chi connectivity index (χ4v) is 1.77. The van der Waals surface area contributed by atoms with E-state index < -0.39 is 6.09 Å². The fraction of sp³-hybridized carbons (Fsp3) is 0.125. The Morgan fingerprint density at radius 2 is 1.81 bits per heavy atom. The Balaban J connectivity index is 2.06. The molecule has 0 heterocycles. The molecule has 106 valence electrons. The highest BCUT2D eigenvalue weighted by Crippen LogP contribution is 2.21. The first kappa shape index (κ1) is 14.4. The van der Waals surface area contributed by atoms with Gasteiger partial charge in [-0.05, 0) is 43.3 Å². The second-order valence-electron chi connectivity index (χ2n) is 4.21. The number of nitriles is 1. The second-order valence-corrected chi connectivity index (χ2v) is 4.21. The van der Waals surface area contributed by atoms with E-state index in [2.05, 4.69) is 16.7 Å². The minimum Gasteiger partial charge on any atom is -0.450 e. The minimum atomic E-state index is -0.479. The van der Waals surface area contributed by atoms with E-state index >= 15 is 0 Å². The van der Waals surface area contributed by atoms with Gasteiger partial charge in [0.05, 0.1) is 17.9 Å². The molecule has 2 N–H and O–H groups in total. The summed E-state index contributed by atoms with van der Waals surface area (Å²) in [6.07, 6.45) is -0.479. The molecule has 0 aliphatic rings. The third-order valence-corrected chi connectivity index (χ3v) is 2.73. The van der Waals surface area contributed by atoms with Crippen LogP contribution in [0.15, 0.2) is 48.5 Å². The summed E-state index contributed by atoms with van der Waals surface area (Å²) >= 11 is 0. The molecule has 0 fully saturated rings. The van der Waals surface area contributed by atoms with Gasteiger partial charge in [-0.2, -0.15) is 5.26 Å². The summed E-state index contributed by atoms with van der Waals surface area (Å²) in [5.74, 6) is 0. The van der Waals surface area contributed by atoms with Gasteiger partial charge in [-0.25, -0.2) is 4.79 Å². The normalized spacial score (nSPS) is 9.52. The van der Waals surface area contributed by atoms with E-state index in [1.807, 2.05) is 30.3 Å². The number of carbonyl (C=O) groups is 1. The summed E-state index contributed by atoms with van der Waals surface area (Å²) in [7, 11) is 0. The summed E-state index contributed by atoms with van der Waals surface area (Å²) in [6, 6.07) is 16.5. The SMILES string of the molecule is CCOC(=O)Nc1ccc(Nc2ccccc2C#N)cc1. The number of ether oxygens (including phenoxy) is 1. The van der Waals surface area contributed by atoms with Crippen molar-refractivity contribution in [2.75, 3.05) is 17.2 Å². The Morgan fingerprint density at radius 3 is 2.48 bits per heavy atom. The lowest BCUT2D eigenvalue weighted by Gasteiger charge is -2.09. The van der Waals surface area contributed by atoms with Crippen LogP contribution in [0.5, 0.6) is 0 Å². The van der Waals surface area contributed by atoms with Crippen molar-refractivity contribution in [1.82, 2.24) is 0 Å². The van der Waals surface area contributed by atoms with E-state index in [0.29, 0.717) is 17.9 Å². The molecule has 0 spiro atoms. The Bertz CT molecular complexity index is 660. The molecule has 0 aromatic heterocycles. The largest absolute Gasteiger partial charge is 0.450 e. The maximum atomic E-state index is 11.3. The fourth-order valence-electron chi connectivity index (χ4n) is 1.77. The molecule has 0 saturated carbocycles. The van der Waals surface area contributed by atoms with Crippen LogP contribution in [0.4, 0.5) is 21.9 Å². The van der Waals surface area contributed by atoms with Gasteiger partial charge in [0, 0.05) is 11.4 Å². The molecule has 2 rings (SSSR count). The molecular weight excluding hydrogens is 266 g/mol. The standard InChI is InChI=1S/C16H15N3O2/c1-2-21-16(20)19-14-9-7-13(8-10-14)18-15-6-4-3-5-12(15)11-17/h3-10,18H,2H2,1H3,(H,19,20). The van der Waals surface area contributed by atoms with Crippen molar-refractivity contribution in [3.8, 4) is 6.07 Å². The number of carbonyl (C=O) groups excluding carboxylic acids is 1. The van der Waals surface area contributed by atoms with Crippen molar-refractivity contribution in [1.29, 1.82) is 5.26 Å². The average molecular weight is 281 g/mol. The predicted octanol–water partition coefficient (Wildman–Crippen LogP) is 3.87. The van der Waals surface area contributed by atoms with Crippen LogP contribution in [0, 0.1) is 11.3 Å². The van der Waals surface area contributed by atoms with E-state index in [9.17, 15) is 4.79 Å².